The van der Waals surface area contributed by atoms with Gasteiger partial charge in [0.1, 0.15) is 16.1 Å². The second-order valence-corrected chi connectivity index (χ2v) is 11.0. The van der Waals surface area contributed by atoms with Gasteiger partial charge in [0.15, 0.2) is 5.69 Å². The van der Waals surface area contributed by atoms with E-state index in [2.05, 4.69) is 33.1 Å². The number of thiazole rings is 1. The van der Waals surface area contributed by atoms with Gasteiger partial charge in [0, 0.05) is 30.3 Å². The fraction of sp³-hybridized carbons (Fsp3) is 0.310. The lowest BCUT2D eigenvalue weighted by molar-refractivity contribution is -0.116. The first-order chi connectivity index (χ1) is 19.0. The molecule has 1 amide bonds. The van der Waals surface area contributed by atoms with E-state index >= 15 is 0 Å². The highest BCUT2D eigenvalue weighted by atomic mass is 32.1. The minimum Gasteiger partial charge on any atom is -0.402 e. The van der Waals surface area contributed by atoms with Crippen LogP contribution >= 0.6 is 11.3 Å². The fourth-order valence-corrected chi connectivity index (χ4v) is 6.07. The number of hydrogen-bond donors (Lipinski definition) is 3. The van der Waals surface area contributed by atoms with Crippen molar-refractivity contribution in [2.24, 2.45) is 0 Å². The van der Waals surface area contributed by atoms with E-state index in [9.17, 15) is 4.79 Å². The topological polar surface area (TPSA) is 114 Å². The number of anilines is 3. The zero-order chi connectivity index (χ0) is 26.8. The highest BCUT2D eigenvalue weighted by Crippen LogP contribution is 2.47. The Hall–Kier alpha value is -4.02. The van der Waals surface area contributed by atoms with E-state index in [0.717, 1.165) is 45.2 Å². The van der Waals surface area contributed by atoms with Crippen LogP contribution in [0.3, 0.4) is 0 Å². The van der Waals surface area contributed by atoms with Crippen molar-refractivity contribution in [1.29, 1.82) is 0 Å². The quantitative estimate of drug-likeness (QED) is 0.236. The second-order valence-electron chi connectivity index (χ2n) is 10.0. The predicted octanol–water partition coefficient (Wildman–Crippen LogP) is 5.56. The van der Waals surface area contributed by atoms with E-state index in [4.69, 9.17) is 14.1 Å². The summed E-state index contributed by atoms with van der Waals surface area (Å²) in [5.41, 5.74) is 4.33. The summed E-state index contributed by atoms with van der Waals surface area (Å²) in [6, 6.07) is 17.2. The maximum atomic E-state index is 13.2. The fourth-order valence-electron chi connectivity index (χ4n) is 4.89. The highest BCUT2D eigenvalue weighted by molar-refractivity contribution is 7.16. The molecule has 9 nitrogen and oxygen atoms in total. The predicted molar refractivity (Wildman–Crippen MR) is 153 cm³/mol. The molecule has 3 heterocycles. The summed E-state index contributed by atoms with van der Waals surface area (Å²) in [6.07, 6.45) is 5.33. The Kier molecular flexibility index (Phi) is 6.88. The smallest absolute Gasteiger partial charge is 0.316 e. The molecule has 0 bridgehead atoms. The normalized spacial score (nSPS) is 17.8. The van der Waals surface area contributed by atoms with Gasteiger partial charge in [-0.1, -0.05) is 67.0 Å². The number of nitrogens with one attached hydrogen (secondary N) is 3. The number of methoxy groups -OCH3 is 1. The van der Waals surface area contributed by atoms with Crippen LogP contribution < -0.4 is 16.0 Å². The number of ether oxygens (including phenoxy) is 1. The molecule has 4 aromatic rings. The van der Waals surface area contributed by atoms with E-state index in [1.807, 2.05) is 60.7 Å². The van der Waals surface area contributed by atoms with Crippen molar-refractivity contribution in [3.8, 4) is 11.6 Å². The van der Waals surface area contributed by atoms with Gasteiger partial charge < -0.3 is 25.1 Å². The number of rotatable bonds is 9. The Bertz CT molecular complexity index is 1510. The molecular weight excluding hydrogens is 512 g/mol. The van der Waals surface area contributed by atoms with Crippen LogP contribution in [-0.2, 0) is 14.9 Å². The van der Waals surface area contributed by atoms with E-state index in [1.165, 1.54) is 6.42 Å². The number of nitrogens with zero attached hydrogens (tertiary/aromatic N) is 3. The van der Waals surface area contributed by atoms with Crippen molar-refractivity contribution < 1.29 is 13.9 Å². The Balaban J connectivity index is 1.30. The van der Waals surface area contributed by atoms with Crippen LogP contribution in [0, 0.1) is 0 Å². The average Bonchev–Trinajstić information content (AvgIpc) is 3.55. The Morgan fingerprint density at radius 1 is 1.13 bits per heavy atom. The first-order valence-corrected chi connectivity index (χ1v) is 13.9. The standard InChI is InChI=1S/C29H30N6O3S/c1-29(13-8-14-29)27-33-23(26(39-27)30-15-16-37-2)25-34-35-28(38-25)32-22-17-20(18-9-4-3-5-10-18)19-11-6-7-12-21(19)31-24(22)36/h3-7,9-12,17,22,30H,8,13-16H2,1-2H3,(H,31,36)(H,32,35)/t22-/m0/s1. The molecule has 2 aliphatic rings. The number of aromatic nitrogens is 3. The zero-order valence-electron chi connectivity index (χ0n) is 21.9. The molecular formula is C29H30N6O3S. The molecule has 1 aliphatic heterocycles. The molecule has 39 heavy (non-hydrogen) atoms. The molecule has 1 aliphatic carbocycles. The average molecular weight is 543 g/mol. The molecule has 1 saturated carbocycles. The maximum absolute atomic E-state index is 13.2. The number of amides is 1. The van der Waals surface area contributed by atoms with Crippen LogP contribution in [-0.4, -0.2) is 47.4 Å². The minimum atomic E-state index is -0.736. The summed E-state index contributed by atoms with van der Waals surface area (Å²) in [4.78, 5) is 18.2. The number of para-hydroxylation sites is 1. The van der Waals surface area contributed by atoms with Crippen molar-refractivity contribution in [3.63, 3.8) is 0 Å². The first kappa shape index (κ1) is 25.3. The van der Waals surface area contributed by atoms with Gasteiger partial charge in [-0.05, 0) is 36.1 Å². The van der Waals surface area contributed by atoms with Gasteiger partial charge in [-0.3, -0.25) is 4.79 Å². The Morgan fingerprint density at radius 3 is 2.69 bits per heavy atom. The summed E-state index contributed by atoms with van der Waals surface area (Å²) in [6.45, 7) is 3.45. The second kappa shape index (κ2) is 10.6. The largest absolute Gasteiger partial charge is 0.402 e. The molecule has 6 rings (SSSR count). The van der Waals surface area contributed by atoms with Crippen LogP contribution in [0.2, 0.25) is 0 Å². The summed E-state index contributed by atoms with van der Waals surface area (Å²) in [7, 11) is 1.67. The van der Waals surface area contributed by atoms with E-state index in [0.29, 0.717) is 24.7 Å². The van der Waals surface area contributed by atoms with Gasteiger partial charge in [0.25, 0.3) is 11.8 Å². The zero-order valence-corrected chi connectivity index (χ0v) is 22.7. The van der Waals surface area contributed by atoms with Gasteiger partial charge in [-0.25, -0.2) is 4.98 Å². The third kappa shape index (κ3) is 5.05. The molecule has 10 heteroatoms. The van der Waals surface area contributed by atoms with Crippen LogP contribution in [0.4, 0.5) is 16.7 Å². The number of benzene rings is 2. The molecule has 0 unspecified atom stereocenters. The van der Waals surface area contributed by atoms with Crippen molar-refractivity contribution in [2.45, 2.75) is 37.6 Å². The summed E-state index contributed by atoms with van der Waals surface area (Å²) in [5, 5.41) is 20.0. The molecule has 0 radical (unpaired) electrons. The first-order valence-electron chi connectivity index (χ1n) is 13.1. The highest BCUT2D eigenvalue weighted by Gasteiger charge is 2.38. The van der Waals surface area contributed by atoms with Gasteiger partial charge in [0.05, 0.1) is 6.61 Å². The Morgan fingerprint density at radius 2 is 1.92 bits per heavy atom. The van der Waals surface area contributed by atoms with Crippen LogP contribution in [0.1, 0.15) is 42.3 Å². The summed E-state index contributed by atoms with van der Waals surface area (Å²) in [5.74, 6) is 0.0799. The van der Waals surface area contributed by atoms with E-state index in [-0.39, 0.29) is 17.3 Å². The van der Waals surface area contributed by atoms with E-state index in [1.54, 1.807) is 18.4 Å². The monoisotopic (exact) mass is 542 g/mol. The SMILES string of the molecule is COCCNc1sc(C2(C)CCC2)nc1-c1nnc(N[C@H]2C=C(c3ccccc3)c3ccccc3NC2=O)o1. The molecule has 0 saturated heterocycles. The van der Waals surface area contributed by atoms with Crippen molar-refractivity contribution in [3.05, 3.63) is 76.8 Å². The summed E-state index contributed by atoms with van der Waals surface area (Å²) < 4.78 is 11.2. The van der Waals surface area contributed by atoms with Crippen LogP contribution in [0.5, 0.6) is 0 Å². The third-order valence-electron chi connectivity index (χ3n) is 7.27. The molecule has 200 valence electrons. The molecule has 3 N–H and O–H groups in total. The lowest BCUT2D eigenvalue weighted by atomic mass is 9.71. The van der Waals surface area contributed by atoms with Gasteiger partial charge in [0.2, 0.25) is 0 Å². The molecule has 2 aromatic heterocycles. The molecule has 0 spiro atoms. The number of carbonyl (C=O) groups excluding carboxylic acids is 1. The van der Waals surface area contributed by atoms with Crippen molar-refractivity contribution >= 4 is 39.5 Å². The van der Waals surface area contributed by atoms with Crippen molar-refractivity contribution in [2.75, 3.05) is 36.2 Å². The van der Waals surface area contributed by atoms with Gasteiger partial charge in [-0.15, -0.1) is 16.4 Å². The molecule has 2 aromatic carbocycles. The van der Waals surface area contributed by atoms with Gasteiger partial charge >= 0.3 is 6.01 Å². The molecule has 1 fully saturated rings. The van der Waals surface area contributed by atoms with E-state index < -0.39 is 6.04 Å². The van der Waals surface area contributed by atoms with Crippen molar-refractivity contribution in [1.82, 2.24) is 15.2 Å². The van der Waals surface area contributed by atoms with Crippen LogP contribution in [0.25, 0.3) is 17.2 Å². The van der Waals surface area contributed by atoms with Gasteiger partial charge in [-0.2, -0.15) is 0 Å². The summed E-state index contributed by atoms with van der Waals surface area (Å²) >= 11 is 1.63. The number of carbonyl (C=O) groups is 1. The lowest BCUT2D eigenvalue weighted by Gasteiger charge is -2.36. The minimum absolute atomic E-state index is 0.0772. The number of fused-ring (bicyclic) bond motifs is 1. The third-order valence-corrected chi connectivity index (χ3v) is 8.59. The number of hydrogen-bond acceptors (Lipinski definition) is 9. The Labute approximate surface area is 230 Å². The lowest BCUT2D eigenvalue weighted by Crippen LogP contribution is -2.32. The van der Waals surface area contributed by atoms with Crippen LogP contribution in [0.15, 0.2) is 65.1 Å². The molecule has 1 atom stereocenters. The maximum Gasteiger partial charge on any atom is 0.316 e.